The minimum atomic E-state index is 0.236. The van der Waals surface area contributed by atoms with E-state index in [1.807, 2.05) is 0 Å². The first-order valence-electron chi connectivity index (χ1n) is 4.24. The van der Waals surface area contributed by atoms with Crippen LogP contribution in [0.2, 0.25) is 0 Å². The molecule has 0 spiro atoms. The third-order valence-electron chi connectivity index (χ3n) is 2.02. The molecule has 0 bridgehead atoms. The topological polar surface area (TPSA) is 72.3 Å². The molecule has 0 aliphatic heterocycles. The zero-order chi connectivity index (χ0) is 9.97. The molecule has 0 atom stereocenters. The molecular weight excluding hydrogens is 180 g/mol. The maximum atomic E-state index is 9.12. The van der Waals surface area contributed by atoms with Crippen molar-refractivity contribution in [1.29, 1.82) is 0 Å². The van der Waals surface area contributed by atoms with Gasteiger partial charge in [0.2, 0.25) is 0 Å². The van der Waals surface area contributed by atoms with Crippen LogP contribution in [-0.4, -0.2) is 10.3 Å². The number of aromatic hydroxyl groups is 1. The van der Waals surface area contributed by atoms with Crippen molar-refractivity contribution < 1.29 is 9.63 Å². The Balaban J connectivity index is 2.44. The second kappa shape index (κ2) is 3.51. The van der Waals surface area contributed by atoms with Crippen molar-refractivity contribution in [1.82, 2.24) is 5.16 Å². The Bertz CT molecular complexity index is 420. The first-order chi connectivity index (χ1) is 6.81. The maximum absolute atomic E-state index is 9.12. The van der Waals surface area contributed by atoms with Gasteiger partial charge in [0.15, 0.2) is 0 Å². The van der Waals surface area contributed by atoms with Gasteiger partial charge in [-0.3, -0.25) is 0 Å². The van der Waals surface area contributed by atoms with E-state index < -0.39 is 0 Å². The summed E-state index contributed by atoms with van der Waals surface area (Å²) in [7, 11) is 0. The fourth-order valence-electron chi connectivity index (χ4n) is 1.28. The predicted molar refractivity (Wildman–Crippen MR) is 51.5 cm³/mol. The number of aromatic nitrogens is 1. The molecule has 4 heteroatoms. The number of nitrogens with two attached hydrogens (primary N) is 1. The molecule has 0 unspecified atom stereocenters. The van der Waals surface area contributed by atoms with Gasteiger partial charge in [-0.25, -0.2) is 0 Å². The molecule has 1 heterocycles. The SMILES string of the molecule is NCc1nocc1-c1ccc(O)cc1. The smallest absolute Gasteiger partial charge is 0.131 e. The van der Waals surface area contributed by atoms with E-state index in [1.165, 1.54) is 0 Å². The second-order valence-corrected chi connectivity index (χ2v) is 2.93. The van der Waals surface area contributed by atoms with Crippen LogP contribution < -0.4 is 5.73 Å². The summed E-state index contributed by atoms with van der Waals surface area (Å²) in [5, 5.41) is 12.9. The highest BCUT2D eigenvalue weighted by atomic mass is 16.5. The summed E-state index contributed by atoms with van der Waals surface area (Å²) in [6.45, 7) is 0.340. The molecule has 0 aliphatic carbocycles. The van der Waals surface area contributed by atoms with E-state index in [4.69, 9.17) is 15.4 Å². The van der Waals surface area contributed by atoms with E-state index in [0.29, 0.717) is 6.54 Å². The standard InChI is InChI=1S/C10H10N2O2/c11-5-10-9(6-14-12-10)7-1-3-8(13)4-2-7/h1-4,6,13H,5,11H2. The van der Waals surface area contributed by atoms with Gasteiger partial charge >= 0.3 is 0 Å². The molecule has 0 fully saturated rings. The first-order valence-corrected chi connectivity index (χ1v) is 4.24. The first kappa shape index (κ1) is 8.77. The Kier molecular flexibility index (Phi) is 2.20. The van der Waals surface area contributed by atoms with Gasteiger partial charge in [-0.15, -0.1) is 0 Å². The van der Waals surface area contributed by atoms with Crippen LogP contribution in [0.4, 0.5) is 0 Å². The Morgan fingerprint density at radius 3 is 2.64 bits per heavy atom. The van der Waals surface area contributed by atoms with E-state index in [2.05, 4.69) is 5.16 Å². The molecule has 72 valence electrons. The largest absolute Gasteiger partial charge is 0.508 e. The molecule has 0 amide bonds. The summed E-state index contributed by atoms with van der Waals surface area (Å²) in [6.07, 6.45) is 1.55. The lowest BCUT2D eigenvalue weighted by molar-refractivity contribution is 0.412. The minimum absolute atomic E-state index is 0.236. The zero-order valence-electron chi connectivity index (χ0n) is 7.47. The Hall–Kier alpha value is -1.81. The van der Waals surface area contributed by atoms with Crippen LogP contribution >= 0.6 is 0 Å². The van der Waals surface area contributed by atoms with Crippen molar-refractivity contribution >= 4 is 0 Å². The van der Waals surface area contributed by atoms with Crippen LogP contribution in [0.1, 0.15) is 5.69 Å². The number of rotatable bonds is 2. The third-order valence-corrected chi connectivity index (χ3v) is 2.02. The van der Waals surface area contributed by atoms with E-state index in [1.54, 1.807) is 30.5 Å². The fraction of sp³-hybridized carbons (Fsp3) is 0.100. The molecule has 1 aromatic heterocycles. The van der Waals surface area contributed by atoms with Crippen LogP contribution in [0.25, 0.3) is 11.1 Å². The lowest BCUT2D eigenvalue weighted by Gasteiger charge is -1.98. The Labute approximate surface area is 81.0 Å². The van der Waals surface area contributed by atoms with E-state index in [9.17, 15) is 0 Å². The molecule has 0 saturated carbocycles. The molecular formula is C10H10N2O2. The van der Waals surface area contributed by atoms with Gasteiger partial charge in [0.05, 0.1) is 0 Å². The van der Waals surface area contributed by atoms with Gasteiger partial charge in [-0.1, -0.05) is 17.3 Å². The quantitative estimate of drug-likeness (QED) is 0.752. The van der Waals surface area contributed by atoms with Gasteiger partial charge in [0.1, 0.15) is 17.7 Å². The average Bonchev–Trinajstić information content (AvgIpc) is 2.67. The molecule has 0 aliphatic rings. The van der Waals surface area contributed by atoms with Crippen molar-refractivity contribution in [2.24, 2.45) is 5.73 Å². The van der Waals surface area contributed by atoms with Crippen molar-refractivity contribution in [3.8, 4) is 16.9 Å². The Morgan fingerprint density at radius 1 is 1.29 bits per heavy atom. The van der Waals surface area contributed by atoms with Gasteiger partial charge in [-0.2, -0.15) is 0 Å². The summed E-state index contributed by atoms with van der Waals surface area (Å²) < 4.78 is 4.83. The molecule has 14 heavy (non-hydrogen) atoms. The summed E-state index contributed by atoms with van der Waals surface area (Å²) in [5.74, 6) is 0.236. The predicted octanol–water partition coefficient (Wildman–Crippen LogP) is 1.51. The number of phenols is 1. The second-order valence-electron chi connectivity index (χ2n) is 2.93. The van der Waals surface area contributed by atoms with Crippen LogP contribution in [0.15, 0.2) is 35.1 Å². The third kappa shape index (κ3) is 1.47. The molecule has 2 rings (SSSR count). The van der Waals surface area contributed by atoms with Crippen molar-refractivity contribution in [3.63, 3.8) is 0 Å². The fourth-order valence-corrected chi connectivity index (χ4v) is 1.28. The van der Waals surface area contributed by atoms with Crippen molar-refractivity contribution in [2.45, 2.75) is 6.54 Å². The van der Waals surface area contributed by atoms with Gasteiger partial charge in [0, 0.05) is 12.1 Å². The molecule has 2 aromatic rings. The van der Waals surface area contributed by atoms with Crippen LogP contribution in [0.5, 0.6) is 5.75 Å². The van der Waals surface area contributed by atoms with E-state index in [-0.39, 0.29) is 5.75 Å². The maximum Gasteiger partial charge on any atom is 0.131 e. The summed E-state index contributed by atoms with van der Waals surface area (Å²) in [6, 6.07) is 6.81. The molecule has 3 N–H and O–H groups in total. The summed E-state index contributed by atoms with van der Waals surface area (Å²) in [5.41, 5.74) is 8.01. The van der Waals surface area contributed by atoms with E-state index in [0.717, 1.165) is 16.8 Å². The highest BCUT2D eigenvalue weighted by molar-refractivity contribution is 5.65. The molecule has 1 aromatic carbocycles. The molecule has 0 saturated heterocycles. The number of hydrogen-bond donors (Lipinski definition) is 2. The number of benzene rings is 1. The number of nitrogens with zero attached hydrogens (tertiary/aromatic N) is 1. The lowest BCUT2D eigenvalue weighted by Crippen LogP contribution is -1.97. The van der Waals surface area contributed by atoms with Gasteiger partial charge in [-0.05, 0) is 17.7 Å². The Morgan fingerprint density at radius 2 is 2.00 bits per heavy atom. The lowest BCUT2D eigenvalue weighted by atomic mass is 10.1. The van der Waals surface area contributed by atoms with Crippen LogP contribution in [-0.2, 0) is 6.54 Å². The normalized spacial score (nSPS) is 10.4. The minimum Gasteiger partial charge on any atom is -0.508 e. The van der Waals surface area contributed by atoms with Gasteiger partial charge in [0.25, 0.3) is 0 Å². The van der Waals surface area contributed by atoms with Crippen LogP contribution in [0.3, 0.4) is 0 Å². The zero-order valence-corrected chi connectivity index (χ0v) is 7.47. The summed E-state index contributed by atoms with van der Waals surface area (Å²) >= 11 is 0. The van der Waals surface area contributed by atoms with Crippen LogP contribution in [0, 0.1) is 0 Å². The molecule has 0 radical (unpaired) electrons. The van der Waals surface area contributed by atoms with Crippen molar-refractivity contribution in [2.75, 3.05) is 0 Å². The molecule has 4 nitrogen and oxygen atoms in total. The van der Waals surface area contributed by atoms with Crippen molar-refractivity contribution in [3.05, 3.63) is 36.2 Å². The highest BCUT2D eigenvalue weighted by Crippen LogP contribution is 2.24. The number of phenolic OH excluding ortho intramolecular Hbond substituents is 1. The average molecular weight is 190 g/mol. The summed E-state index contributed by atoms with van der Waals surface area (Å²) in [4.78, 5) is 0. The van der Waals surface area contributed by atoms with E-state index >= 15 is 0 Å². The highest BCUT2D eigenvalue weighted by Gasteiger charge is 2.07. The van der Waals surface area contributed by atoms with Gasteiger partial charge < -0.3 is 15.4 Å². The number of hydrogen-bond acceptors (Lipinski definition) is 4. The monoisotopic (exact) mass is 190 g/mol.